The zero-order chi connectivity index (χ0) is 22.4. The lowest BCUT2D eigenvalue weighted by Gasteiger charge is -2.35. The maximum atomic E-state index is 12.8. The first-order chi connectivity index (χ1) is 13.8. The Hall–Kier alpha value is -3.02. The van der Waals surface area contributed by atoms with Crippen molar-refractivity contribution < 1.29 is 22.7 Å². The van der Waals surface area contributed by atoms with Crippen LogP contribution < -0.4 is 10.5 Å². The molecule has 3 rings (SSSR count). The highest BCUT2D eigenvalue weighted by Crippen LogP contribution is 2.20. The fourth-order valence-corrected chi connectivity index (χ4v) is 3.49. The summed E-state index contributed by atoms with van der Waals surface area (Å²) < 4.78 is 29.9. The largest absolute Gasteiger partial charge is 0.444 e. The first-order valence-corrected chi connectivity index (χ1v) is 11.0. The summed E-state index contributed by atoms with van der Waals surface area (Å²) in [5.74, 6) is -0.433. The van der Waals surface area contributed by atoms with Crippen molar-refractivity contribution in [2.24, 2.45) is 7.05 Å². The number of aromatic nitrogens is 3. The zero-order valence-corrected chi connectivity index (χ0v) is 18.2. The van der Waals surface area contributed by atoms with Gasteiger partial charge in [-0.25, -0.2) is 18.2 Å². The number of rotatable bonds is 2. The lowest BCUT2D eigenvalue weighted by Crippen LogP contribution is -2.54. The van der Waals surface area contributed by atoms with Gasteiger partial charge in [0.15, 0.2) is 0 Å². The van der Waals surface area contributed by atoms with E-state index in [4.69, 9.17) is 4.74 Å². The number of fused-ring (bicyclic) bond motifs is 1. The van der Waals surface area contributed by atoms with Gasteiger partial charge in [-0.3, -0.25) is 19.1 Å². The van der Waals surface area contributed by atoms with Gasteiger partial charge in [0.2, 0.25) is 20.9 Å². The standard InChI is InChI=1S/C18H23N5O6S/c1-18(2,3)29-17(26)22-6-7-23(13(24)10-22)12-8-11-9-19-16(30(5,27)28)20-14(11)21(4)15(12)25/h8-9H,6-7,10H2,1-5H3. The van der Waals surface area contributed by atoms with Crippen LogP contribution in [0, 0.1) is 0 Å². The molecular formula is C18H23N5O6S. The van der Waals surface area contributed by atoms with E-state index < -0.39 is 33.0 Å². The van der Waals surface area contributed by atoms with E-state index in [1.54, 1.807) is 20.8 Å². The Morgan fingerprint density at radius 2 is 1.87 bits per heavy atom. The molecule has 162 valence electrons. The minimum Gasteiger partial charge on any atom is -0.444 e. The predicted molar refractivity (Wildman–Crippen MR) is 108 cm³/mol. The lowest BCUT2D eigenvalue weighted by atomic mass is 10.2. The van der Waals surface area contributed by atoms with Crippen LogP contribution in [0.4, 0.5) is 10.5 Å². The van der Waals surface area contributed by atoms with Crippen LogP contribution in [0.5, 0.6) is 0 Å². The smallest absolute Gasteiger partial charge is 0.410 e. The molecule has 2 aromatic heterocycles. The number of carbonyl (C=O) groups excluding carboxylic acids is 2. The molecule has 0 bridgehead atoms. The van der Waals surface area contributed by atoms with Crippen molar-refractivity contribution in [1.29, 1.82) is 0 Å². The van der Waals surface area contributed by atoms with E-state index in [0.717, 1.165) is 6.26 Å². The summed E-state index contributed by atoms with van der Waals surface area (Å²) in [4.78, 5) is 48.1. The molecule has 0 radical (unpaired) electrons. The van der Waals surface area contributed by atoms with Crippen molar-refractivity contribution in [2.75, 3.05) is 30.8 Å². The van der Waals surface area contributed by atoms with Gasteiger partial charge < -0.3 is 9.64 Å². The fourth-order valence-electron chi connectivity index (χ4n) is 3.00. The van der Waals surface area contributed by atoms with Crippen molar-refractivity contribution in [3.05, 3.63) is 22.6 Å². The summed E-state index contributed by atoms with van der Waals surface area (Å²) in [7, 11) is -2.20. The molecule has 0 aliphatic carbocycles. The number of nitrogens with zero attached hydrogens (tertiary/aromatic N) is 5. The second-order valence-corrected chi connectivity index (χ2v) is 9.95. The van der Waals surface area contributed by atoms with E-state index in [0.29, 0.717) is 5.39 Å². The van der Waals surface area contributed by atoms with Crippen molar-refractivity contribution >= 4 is 38.6 Å². The van der Waals surface area contributed by atoms with E-state index in [1.807, 2.05) is 0 Å². The number of pyridine rings is 1. The fraction of sp³-hybridized carbons (Fsp3) is 0.500. The SMILES string of the molecule is Cn1c(=O)c(N2CCN(C(=O)OC(C)(C)C)CC2=O)cc2cnc(S(C)(=O)=O)nc21. The number of piperazine rings is 1. The molecule has 1 aliphatic heterocycles. The van der Waals surface area contributed by atoms with Crippen LogP contribution in [0.15, 0.2) is 22.2 Å². The normalized spacial score (nSPS) is 15.6. The molecule has 2 amide bonds. The molecule has 30 heavy (non-hydrogen) atoms. The topological polar surface area (TPSA) is 132 Å². The minimum atomic E-state index is -3.64. The van der Waals surface area contributed by atoms with Gasteiger partial charge in [-0.15, -0.1) is 0 Å². The molecule has 0 spiro atoms. The van der Waals surface area contributed by atoms with Crippen LogP contribution in [0.25, 0.3) is 11.0 Å². The molecule has 0 aromatic carbocycles. The predicted octanol–water partition coefficient (Wildman–Crippen LogP) is 0.316. The Balaban J connectivity index is 1.92. The van der Waals surface area contributed by atoms with Crippen LogP contribution >= 0.6 is 0 Å². The number of anilines is 1. The molecule has 0 unspecified atom stereocenters. The van der Waals surface area contributed by atoms with Crippen LogP contribution in [0.2, 0.25) is 0 Å². The molecule has 11 nitrogen and oxygen atoms in total. The molecule has 0 N–H and O–H groups in total. The number of carbonyl (C=O) groups is 2. The Labute approximate surface area is 173 Å². The quantitative estimate of drug-likeness (QED) is 0.614. The van der Waals surface area contributed by atoms with Crippen LogP contribution in [-0.4, -0.2) is 71.3 Å². The number of ether oxygens (including phenoxy) is 1. The highest BCUT2D eigenvalue weighted by atomic mass is 32.2. The van der Waals surface area contributed by atoms with E-state index >= 15 is 0 Å². The summed E-state index contributed by atoms with van der Waals surface area (Å²) in [5.41, 5.74) is -0.954. The van der Waals surface area contributed by atoms with Gasteiger partial charge in [0, 0.05) is 38.0 Å². The first-order valence-electron chi connectivity index (χ1n) is 9.13. The number of hydrogen-bond donors (Lipinski definition) is 0. The van der Waals surface area contributed by atoms with Crippen molar-refractivity contribution in [3.63, 3.8) is 0 Å². The molecule has 0 atom stereocenters. The number of hydrogen-bond acceptors (Lipinski definition) is 8. The molecule has 12 heteroatoms. The van der Waals surface area contributed by atoms with Gasteiger partial charge in [-0.05, 0) is 26.8 Å². The van der Waals surface area contributed by atoms with Crippen LogP contribution in [0.3, 0.4) is 0 Å². The Kier molecular flexibility index (Phi) is 5.31. The summed E-state index contributed by atoms with van der Waals surface area (Å²) in [6.07, 6.45) is 1.68. The molecule has 1 aliphatic rings. The molecule has 1 fully saturated rings. The minimum absolute atomic E-state index is 0.106. The number of aryl methyl sites for hydroxylation is 1. The Morgan fingerprint density at radius 3 is 2.43 bits per heavy atom. The lowest BCUT2D eigenvalue weighted by molar-refractivity contribution is -0.121. The van der Waals surface area contributed by atoms with Gasteiger partial charge in [-0.2, -0.15) is 4.98 Å². The number of sulfone groups is 1. The van der Waals surface area contributed by atoms with Crippen molar-refractivity contribution in [3.8, 4) is 0 Å². The molecular weight excluding hydrogens is 414 g/mol. The summed E-state index contributed by atoms with van der Waals surface area (Å²) in [5, 5.41) is 0.0154. The van der Waals surface area contributed by atoms with Crippen molar-refractivity contribution in [2.45, 2.75) is 31.5 Å². The average molecular weight is 437 g/mol. The van der Waals surface area contributed by atoms with Gasteiger partial charge in [0.25, 0.3) is 5.56 Å². The van der Waals surface area contributed by atoms with Crippen molar-refractivity contribution in [1.82, 2.24) is 19.4 Å². The van der Waals surface area contributed by atoms with E-state index in [2.05, 4.69) is 9.97 Å². The Bertz CT molecular complexity index is 1200. The second-order valence-electron chi connectivity index (χ2n) is 8.04. The van der Waals surface area contributed by atoms with E-state index in [9.17, 15) is 22.8 Å². The molecule has 3 heterocycles. The third-order valence-electron chi connectivity index (χ3n) is 4.40. The molecule has 1 saturated heterocycles. The first kappa shape index (κ1) is 21.7. The van der Waals surface area contributed by atoms with Gasteiger partial charge in [-0.1, -0.05) is 0 Å². The molecule has 2 aromatic rings. The van der Waals surface area contributed by atoms with Gasteiger partial charge >= 0.3 is 6.09 Å². The maximum Gasteiger partial charge on any atom is 0.410 e. The van der Waals surface area contributed by atoms with Gasteiger partial charge in [0.05, 0.1) is 0 Å². The Morgan fingerprint density at radius 1 is 1.20 bits per heavy atom. The summed E-state index contributed by atoms with van der Waals surface area (Å²) in [6, 6.07) is 1.45. The van der Waals surface area contributed by atoms with E-state index in [-0.39, 0.29) is 36.1 Å². The van der Waals surface area contributed by atoms with Crippen LogP contribution in [-0.2, 0) is 26.4 Å². The highest BCUT2D eigenvalue weighted by Gasteiger charge is 2.32. The van der Waals surface area contributed by atoms with Crippen LogP contribution in [0.1, 0.15) is 20.8 Å². The zero-order valence-electron chi connectivity index (χ0n) is 17.4. The van der Waals surface area contributed by atoms with Gasteiger partial charge in [0.1, 0.15) is 23.5 Å². The average Bonchev–Trinajstić information content (AvgIpc) is 2.62. The third-order valence-corrected chi connectivity index (χ3v) is 5.26. The summed E-state index contributed by atoms with van der Waals surface area (Å²) in [6.45, 7) is 5.29. The number of amides is 2. The van der Waals surface area contributed by atoms with E-state index in [1.165, 1.54) is 33.7 Å². The molecule has 0 saturated carbocycles. The summed E-state index contributed by atoms with van der Waals surface area (Å²) >= 11 is 0. The monoisotopic (exact) mass is 437 g/mol. The maximum absolute atomic E-state index is 12.8. The highest BCUT2D eigenvalue weighted by molar-refractivity contribution is 7.90. The second kappa shape index (κ2) is 7.35. The third kappa shape index (κ3) is 4.27.